The monoisotopic (exact) mass is 306 g/mol. The number of rotatable bonds is 8. The van der Waals surface area contributed by atoms with Crippen LogP contribution in [0.4, 0.5) is 0 Å². The molecule has 0 atom stereocenters. The quantitative estimate of drug-likeness (QED) is 0.343. The van der Waals surface area contributed by atoms with Crippen LogP contribution in [-0.2, 0) is 9.59 Å². The summed E-state index contributed by atoms with van der Waals surface area (Å²) in [6.45, 7) is 5.80. The minimum Gasteiger partial charge on any atom is -0.490 e. The van der Waals surface area contributed by atoms with E-state index in [0.717, 1.165) is 12.8 Å². The fourth-order valence-corrected chi connectivity index (χ4v) is 1.64. The van der Waals surface area contributed by atoms with E-state index >= 15 is 0 Å². The van der Waals surface area contributed by atoms with E-state index in [0.29, 0.717) is 23.7 Å². The Morgan fingerprint density at radius 1 is 1.23 bits per heavy atom. The smallest absolute Gasteiger partial charge is 0.331 e. The molecule has 0 aliphatic heterocycles. The van der Waals surface area contributed by atoms with Gasteiger partial charge in [-0.25, -0.2) is 4.79 Å². The average Bonchev–Trinajstić information content (AvgIpc) is 2.49. The molecule has 1 aromatic rings. The first-order chi connectivity index (χ1) is 10.5. The Balaban J connectivity index is 3.04. The SMILES string of the molecule is CCCCOc1cc(C=C(C)C(=O)O)ccc1OC(=O)CC. The number of hydrogen-bond donors (Lipinski definition) is 1. The van der Waals surface area contributed by atoms with Crippen LogP contribution in [0.5, 0.6) is 11.5 Å². The number of benzene rings is 1. The van der Waals surface area contributed by atoms with Crippen LogP contribution in [0, 0.1) is 0 Å². The summed E-state index contributed by atoms with van der Waals surface area (Å²) >= 11 is 0. The Morgan fingerprint density at radius 2 is 1.95 bits per heavy atom. The summed E-state index contributed by atoms with van der Waals surface area (Å²) in [6, 6.07) is 4.99. The van der Waals surface area contributed by atoms with Gasteiger partial charge in [-0.3, -0.25) is 4.79 Å². The zero-order valence-electron chi connectivity index (χ0n) is 13.2. The molecule has 0 aliphatic rings. The van der Waals surface area contributed by atoms with Gasteiger partial charge in [0.05, 0.1) is 6.61 Å². The van der Waals surface area contributed by atoms with Gasteiger partial charge in [-0.15, -0.1) is 0 Å². The molecule has 0 unspecified atom stereocenters. The van der Waals surface area contributed by atoms with Gasteiger partial charge in [0.15, 0.2) is 11.5 Å². The van der Waals surface area contributed by atoms with Gasteiger partial charge in [-0.05, 0) is 37.1 Å². The van der Waals surface area contributed by atoms with E-state index in [1.54, 1.807) is 31.2 Å². The summed E-state index contributed by atoms with van der Waals surface area (Å²) in [7, 11) is 0. The van der Waals surface area contributed by atoms with Crippen molar-refractivity contribution in [2.24, 2.45) is 0 Å². The first kappa shape index (κ1) is 17.8. The van der Waals surface area contributed by atoms with Crippen molar-refractivity contribution in [3.05, 3.63) is 29.3 Å². The number of carboxylic acids is 1. The van der Waals surface area contributed by atoms with Crippen LogP contribution in [-0.4, -0.2) is 23.7 Å². The number of carboxylic acid groups (broad SMARTS) is 1. The summed E-state index contributed by atoms with van der Waals surface area (Å²) in [4.78, 5) is 22.3. The molecule has 0 aromatic heterocycles. The number of carbonyl (C=O) groups is 2. The fourth-order valence-electron chi connectivity index (χ4n) is 1.64. The van der Waals surface area contributed by atoms with E-state index in [-0.39, 0.29) is 18.0 Å². The predicted molar refractivity (Wildman–Crippen MR) is 84.1 cm³/mol. The van der Waals surface area contributed by atoms with Crippen LogP contribution in [0.25, 0.3) is 6.08 Å². The van der Waals surface area contributed by atoms with Crippen LogP contribution in [0.2, 0.25) is 0 Å². The summed E-state index contributed by atoms with van der Waals surface area (Å²) in [5, 5.41) is 8.92. The molecular formula is C17H22O5. The molecule has 1 N–H and O–H groups in total. The van der Waals surface area contributed by atoms with Crippen LogP contribution < -0.4 is 9.47 Å². The lowest BCUT2D eigenvalue weighted by Gasteiger charge is -2.12. The molecule has 5 nitrogen and oxygen atoms in total. The Bertz CT molecular complexity index is 560. The zero-order chi connectivity index (χ0) is 16.5. The van der Waals surface area contributed by atoms with Crippen LogP contribution in [0.15, 0.2) is 23.8 Å². The molecule has 1 aromatic carbocycles. The topological polar surface area (TPSA) is 72.8 Å². The van der Waals surface area contributed by atoms with Crippen molar-refractivity contribution in [2.45, 2.75) is 40.0 Å². The van der Waals surface area contributed by atoms with Gasteiger partial charge in [0.1, 0.15) is 0 Å². The minimum absolute atomic E-state index is 0.220. The molecule has 0 saturated heterocycles. The molecule has 22 heavy (non-hydrogen) atoms. The normalized spacial score (nSPS) is 11.1. The molecule has 0 fully saturated rings. The predicted octanol–water partition coefficient (Wildman–Crippen LogP) is 3.67. The second-order valence-corrected chi connectivity index (χ2v) is 4.87. The molecule has 120 valence electrons. The Kier molecular flexibility index (Phi) is 7.16. The minimum atomic E-state index is -0.977. The van der Waals surface area contributed by atoms with Crippen molar-refractivity contribution < 1.29 is 24.2 Å². The second-order valence-electron chi connectivity index (χ2n) is 4.87. The van der Waals surface area contributed by atoms with Crippen molar-refractivity contribution in [3.63, 3.8) is 0 Å². The van der Waals surface area contributed by atoms with E-state index in [9.17, 15) is 9.59 Å². The van der Waals surface area contributed by atoms with Crippen LogP contribution in [0.3, 0.4) is 0 Å². The average molecular weight is 306 g/mol. The van der Waals surface area contributed by atoms with Crippen molar-refractivity contribution in [3.8, 4) is 11.5 Å². The Hall–Kier alpha value is -2.30. The lowest BCUT2D eigenvalue weighted by molar-refractivity contribution is -0.134. The van der Waals surface area contributed by atoms with E-state index in [1.807, 2.05) is 0 Å². The molecule has 0 aliphatic carbocycles. The number of ether oxygens (including phenoxy) is 2. The molecule has 0 radical (unpaired) electrons. The standard InChI is InChI=1S/C17H22O5/c1-4-6-9-21-15-11-13(10-12(3)17(19)20)7-8-14(15)22-16(18)5-2/h7-8,10-11H,4-6,9H2,1-3H3,(H,19,20). The van der Waals surface area contributed by atoms with Gasteiger partial charge in [0.2, 0.25) is 0 Å². The summed E-state index contributed by atoms with van der Waals surface area (Å²) < 4.78 is 10.9. The molecular weight excluding hydrogens is 284 g/mol. The highest BCUT2D eigenvalue weighted by molar-refractivity contribution is 5.91. The maximum atomic E-state index is 11.4. The van der Waals surface area contributed by atoms with Crippen molar-refractivity contribution in [1.29, 1.82) is 0 Å². The molecule has 0 saturated carbocycles. The summed E-state index contributed by atoms with van der Waals surface area (Å²) in [5.41, 5.74) is 0.903. The highest BCUT2D eigenvalue weighted by Gasteiger charge is 2.10. The third kappa shape index (κ3) is 5.60. The molecule has 0 heterocycles. The van der Waals surface area contributed by atoms with Crippen molar-refractivity contribution in [1.82, 2.24) is 0 Å². The lowest BCUT2D eigenvalue weighted by Crippen LogP contribution is -2.08. The molecule has 5 heteroatoms. The number of hydrogen-bond acceptors (Lipinski definition) is 4. The largest absolute Gasteiger partial charge is 0.490 e. The molecule has 0 amide bonds. The maximum Gasteiger partial charge on any atom is 0.331 e. The lowest BCUT2D eigenvalue weighted by atomic mass is 10.1. The van der Waals surface area contributed by atoms with Crippen LogP contribution in [0.1, 0.15) is 45.6 Å². The molecule has 0 spiro atoms. The van der Waals surface area contributed by atoms with Gasteiger partial charge < -0.3 is 14.6 Å². The highest BCUT2D eigenvalue weighted by Crippen LogP contribution is 2.30. The van der Waals surface area contributed by atoms with Crippen molar-refractivity contribution in [2.75, 3.05) is 6.61 Å². The molecule has 1 rings (SSSR count). The maximum absolute atomic E-state index is 11.4. The fraction of sp³-hybridized carbons (Fsp3) is 0.412. The van der Waals surface area contributed by atoms with Gasteiger partial charge in [-0.1, -0.05) is 26.3 Å². The third-order valence-electron chi connectivity index (χ3n) is 2.96. The Labute approximate surface area is 130 Å². The summed E-state index contributed by atoms with van der Waals surface area (Å²) in [5.74, 6) is -0.518. The van der Waals surface area contributed by atoms with E-state index in [2.05, 4.69) is 6.92 Å². The first-order valence-electron chi connectivity index (χ1n) is 7.37. The summed E-state index contributed by atoms with van der Waals surface area (Å²) in [6.07, 6.45) is 3.69. The third-order valence-corrected chi connectivity index (χ3v) is 2.96. The van der Waals surface area contributed by atoms with Gasteiger partial charge in [0, 0.05) is 12.0 Å². The number of aliphatic carboxylic acids is 1. The molecule has 0 bridgehead atoms. The Morgan fingerprint density at radius 3 is 2.55 bits per heavy atom. The van der Waals surface area contributed by atoms with Crippen LogP contribution >= 0.6 is 0 Å². The van der Waals surface area contributed by atoms with Crippen molar-refractivity contribution >= 4 is 18.0 Å². The second kappa shape index (κ2) is 8.87. The number of unbranched alkanes of at least 4 members (excludes halogenated alkanes) is 1. The number of esters is 1. The van der Waals surface area contributed by atoms with E-state index in [4.69, 9.17) is 14.6 Å². The zero-order valence-corrected chi connectivity index (χ0v) is 13.2. The van der Waals surface area contributed by atoms with Gasteiger partial charge >= 0.3 is 11.9 Å². The van der Waals surface area contributed by atoms with Gasteiger partial charge in [-0.2, -0.15) is 0 Å². The van der Waals surface area contributed by atoms with E-state index < -0.39 is 5.97 Å². The number of carbonyl (C=O) groups excluding carboxylic acids is 1. The highest BCUT2D eigenvalue weighted by atomic mass is 16.6. The van der Waals surface area contributed by atoms with Gasteiger partial charge in [0.25, 0.3) is 0 Å². The first-order valence-corrected chi connectivity index (χ1v) is 7.37. The van der Waals surface area contributed by atoms with E-state index in [1.165, 1.54) is 6.92 Å².